The molecule has 2 atom stereocenters. The highest BCUT2D eigenvalue weighted by Crippen LogP contribution is 2.29. The zero-order valence-electron chi connectivity index (χ0n) is 10.9. The Kier molecular flexibility index (Phi) is 4.88. The summed E-state index contributed by atoms with van der Waals surface area (Å²) in [5.41, 5.74) is 5.95. The number of thioether (sulfide) groups is 1. The first-order valence-electron chi connectivity index (χ1n) is 6.76. The van der Waals surface area contributed by atoms with Gasteiger partial charge in [-0.1, -0.05) is 25.1 Å². The van der Waals surface area contributed by atoms with E-state index in [2.05, 4.69) is 17.1 Å². The van der Waals surface area contributed by atoms with Gasteiger partial charge in [-0.3, -0.25) is 4.57 Å². The number of hydrogen-bond donors (Lipinski definition) is 2. The topological polar surface area (TPSA) is 76.7 Å². The van der Waals surface area contributed by atoms with Gasteiger partial charge in [-0.25, -0.2) is 9.89 Å². The zero-order chi connectivity index (χ0) is 13.0. The highest BCUT2D eigenvalue weighted by molar-refractivity contribution is 7.99. The molecule has 0 radical (unpaired) electrons. The molecule has 1 aromatic heterocycles. The van der Waals surface area contributed by atoms with Crippen molar-refractivity contribution in [2.24, 2.45) is 11.7 Å². The molecule has 0 saturated heterocycles. The van der Waals surface area contributed by atoms with E-state index in [0.29, 0.717) is 12.0 Å². The summed E-state index contributed by atoms with van der Waals surface area (Å²) < 4.78 is 1.72. The van der Waals surface area contributed by atoms with E-state index in [0.717, 1.165) is 36.7 Å². The van der Waals surface area contributed by atoms with Crippen LogP contribution < -0.4 is 11.4 Å². The molecular formula is C12H22N4OS. The maximum Gasteiger partial charge on any atom is 0.343 e. The molecule has 2 rings (SSSR count). The van der Waals surface area contributed by atoms with Crippen molar-refractivity contribution in [3.63, 3.8) is 0 Å². The minimum atomic E-state index is -0.100. The van der Waals surface area contributed by atoms with E-state index in [9.17, 15) is 4.79 Å². The molecule has 0 spiro atoms. The Hall–Kier alpha value is -0.750. The van der Waals surface area contributed by atoms with Crippen LogP contribution in [0.15, 0.2) is 9.95 Å². The molecule has 0 aromatic carbocycles. The lowest BCUT2D eigenvalue weighted by Gasteiger charge is -2.14. The second-order valence-corrected chi connectivity index (χ2v) is 6.02. The quantitative estimate of drug-likeness (QED) is 0.770. The van der Waals surface area contributed by atoms with Crippen LogP contribution in [-0.2, 0) is 6.54 Å². The lowest BCUT2D eigenvalue weighted by molar-refractivity contribution is 0.470. The molecule has 1 fully saturated rings. The van der Waals surface area contributed by atoms with Crippen molar-refractivity contribution >= 4 is 11.8 Å². The molecule has 18 heavy (non-hydrogen) atoms. The van der Waals surface area contributed by atoms with Crippen molar-refractivity contribution < 1.29 is 0 Å². The van der Waals surface area contributed by atoms with E-state index in [1.807, 2.05) is 0 Å². The van der Waals surface area contributed by atoms with Gasteiger partial charge in [0.05, 0.1) is 0 Å². The smallest absolute Gasteiger partial charge is 0.327 e. The van der Waals surface area contributed by atoms with E-state index in [-0.39, 0.29) is 5.69 Å². The van der Waals surface area contributed by atoms with Crippen LogP contribution in [-0.4, -0.2) is 26.6 Å². The Balaban J connectivity index is 1.84. The summed E-state index contributed by atoms with van der Waals surface area (Å²) >= 11 is 1.66. The molecule has 1 saturated carbocycles. The second kappa shape index (κ2) is 6.43. The summed E-state index contributed by atoms with van der Waals surface area (Å²) in [4.78, 5) is 11.5. The van der Waals surface area contributed by atoms with Crippen molar-refractivity contribution in [3.05, 3.63) is 10.5 Å². The van der Waals surface area contributed by atoms with Crippen LogP contribution in [0.5, 0.6) is 0 Å². The second-order valence-electron chi connectivity index (χ2n) is 4.95. The molecule has 0 amide bonds. The molecule has 1 aliphatic carbocycles. The van der Waals surface area contributed by atoms with Crippen molar-refractivity contribution in [2.45, 2.75) is 56.8 Å². The van der Waals surface area contributed by atoms with Gasteiger partial charge in [0.15, 0.2) is 5.16 Å². The largest absolute Gasteiger partial charge is 0.343 e. The van der Waals surface area contributed by atoms with Crippen molar-refractivity contribution in [1.82, 2.24) is 14.8 Å². The van der Waals surface area contributed by atoms with Gasteiger partial charge in [-0.05, 0) is 31.6 Å². The molecule has 5 nitrogen and oxygen atoms in total. The number of nitrogens with one attached hydrogen (secondary N) is 1. The molecule has 1 aliphatic rings. The van der Waals surface area contributed by atoms with Gasteiger partial charge >= 0.3 is 5.69 Å². The summed E-state index contributed by atoms with van der Waals surface area (Å²) in [6.07, 6.45) is 5.75. The third kappa shape index (κ3) is 3.17. The monoisotopic (exact) mass is 270 g/mol. The molecule has 1 aromatic rings. The predicted octanol–water partition coefficient (Wildman–Crippen LogP) is 1.59. The third-order valence-electron chi connectivity index (χ3n) is 3.61. The number of aromatic amines is 1. The van der Waals surface area contributed by atoms with Crippen LogP contribution in [0.2, 0.25) is 0 Å². The summed E-state index contributed by atoms with van der Waals surface area (Å²) in [5, 5.41) is 7.41. The molecule has 102 valence electrons. The number of nitrogens with zero attached hydrogens (tertiary/aromatic N) is 2. The minimum absolute atomic E-state index is 0.100. The standard InChI is InChI=1S/C12H22N4OS/c1-2-7-16-11(17)14-15-12(16)18-8-6-9-4-3-5-10(9)13/h9-10H,2-8,13H2,1H3,(H,14,17). The Morgan fingerprint density at radius 3 is 3.06 bits per heavy atom. The Bertz CT molecular complexity index is 428. The average molecular weight is 270 g/mol. The van der Waals surface area contributed by atoms with Crippen molar-refractivity contribution in [3.8, 4) is 0 Å². The van der Waals surface area contributed by atoms with E-state index in [1.54, 1.807) is 16.3 Å². The molecule has 0 aliphatic heterocycles. The number of H-pyrrole nitrogens is 1. The fraction of sp³-hybridized carbons (Fsp3) is 0.833. The fourth-order valence-corrected chi connectivity index (χ4v) is 3.60. The SMILES string of the molecule is CCCn1c(SCCC2CCCC2N)n[nH]c1=O. The predicted molar refractivity (Wildman–Crippen MR) is 73.8 cm³/mol. The number of aromatic nitrogens is 3. The van der Waals surface area contributed by atoms with Crippen LogP contribution in [0.25, 0.3) is 0 Å². The number of hydrogen-bond acceptors (Lipinski definition) is 4. The van der Waals surface area contributed by atoms with Crippen LogP contribution in [0.1, 0.15) is 39.0 Å². The van der Waals surface area contributed by atoms with Crippen LogP contribution in [0, 0.1) is 5.92 Å². The first-order chi connectivity index (χ1) is 8.72. The third-order valence-corrected chi connectivity index (χ3v) is 4.62. The first-order valence-corrected chi connectivity index (χ1v) is 7.74. The van der Waals surface area contributed by atoms with E-state index in [1.165, 1.54) is 12.8 Å². The van der Waals surface area contributed by atoms with Crippen LogP contribution in [0.4, 0.5) is 0 Å². The molecule has 3 N–H and O–H groups in total. The van der Waals surface area contributed by atoms with Gasteiger partial charge < -0.3 is 5.73 Å². The highest BCUT2D eigenvalue weighted by atomic mass is 32.2. The lowest BCUT2D eigenvalue weighted by atomic mass is 10.0. The van der Waals surface area contributed by atoms with Gasteiger partial charge in [0, 0.05) is 18.3 Å². The maximum absolute atomic E-state index is 11.5. The first kappa shape index (κ1) is 13.7. The highest BCUT2D eigenvalue weighted by Gasteiger charge is 2.23. The molecule has 2 unspecified atom stereocenters. The van der Waals surface area contributed by atoms with E-state index in [4.69, 9.17) is 5.73 Å². The number of rotatable bonds is 6. The summed E-state index contributed by atoms with van der Waals surface area (Å²) in [7, 11) is 0. The average Bonchev–Trinajstić information content (AvgIpc) is 2.90. The van der Waals surface area contributed by atoms with Gasteiger partial charge in [-0.15, -0.1) is 5.10 Å². The van der Waals surface area contributed by atoms with Crippen LogP contribution in [0.3, 0.4) is 0 Å². The summed E-state index contributed by atoms with van der Waals surface area (Å²) in [6, 6.07) is 0.377. The summed E-state index contributed by atoms with van der Waals surface area (Å²) in [5.74, 6) is 1.65. The Morgan fingerprint density at radius 1 is 1.56 bits per heavy atom. The van der Waals surface area contributed by atoms with Gasteiger partial charge in [0.25, 0.3) is 0 Å². The van der Waals surface area contributed by atoms with Crippen molar-refractivity contribution in [2.75, 3.05) is 5.75 Å². The fourth-order valence-electron chi connectivity index (χ4n) is 2.56. The molecule has 0 bridgehead atoms. The van der Waals surface area contributed by atoms with Gasteiger partial charge in [0.2, 0.25) is 0 Å². The maximum atomic E-state index is 11.5. The van der Waals surface area contributed by atoms with Crippen LogP contribution >= 0.6 is 11.8 Å². The molecule has 1 heterocycles. The van der Waals surface area contributed by atoms with E-state index >= 15 is 0 Å². The zero-order valence-corrected chi connectivity index (χ0v) is 11.7. The summed E-state index contributed by atoms with van der Waals surface area (Å²) in [6.45, 7) is 2.80. The Labute approximate surface area is 112 Å². The minimum Gasteiger partial charge on any atom is -0.327 e. The van der Waals surface area contributed by atoms with Gasteiger partial charge in [0.1, 0.15) is 0 Å². The normalized spacial score (nSPS) is 23.7. The number of nitrogens with two attached hydrogens (primary N) is 1. The van der Waals surface area contributed by atoms with Gasteiger partial charge in [-0.2, -0.15) is 0 Å². The Morgan fingerprint density at radius 2 is 2.39 bits per heavy atom. The van der Waals surface area contributed by atoms with Crippen molar-refractivity contribution in [1.29, 1.82) is 0 Å². The van der Waals surface area contributed by atoms with E-state index < -0.39 is 0 Å². The molecule has 6 heteroatoms. The molecular weight excluding hydrogens is 248 g/mol. The lowest BCUT2D eigenvalue weighted by Crippen LogP contribution is -2.24.